The normalized spacial score (nSPS) is 12.7. The number of nitrogens with two attached hydrogens (primary N) is 1. The predicted octanol–water partition coefficient (Wildman–Crippen LogP) is 0.646. The number of thiophene rings is 1. The van der Waals surface area contributed by atoms with Crippen molar-refractivity contribution in [3.05, 3.63) is 21.9 Å². The Hall–Kier alpha value is -0.910. The fourth-order valence-electron chi connectivity index (χ4n) is 1.21. The number of aryl methyl sites for hydroxylation is 1. The van der Waals surface area contributed by atoms with Gasteiger partial charge < -0.3 is 10.5 Å². The number of ether oxygens (including phenoxy) is 1. The Balaban J connectivity index is 2.47. The fraction of sp³-hybridized carbons (Fsp3) is 0.500. The lowest BCUT2D eigenvalue weighted by Crippen LogP contribution is -2.44. The van der Waals surface area contributed by atoms with E-state index >= 15 is 0 Å². The Labute approximate surface area is 93.4 Å². The lowest BCUT2D eigenvalue weighted by atomic mass is 10.2. The molecule has 0 saturated carbocycles. The molecular formula is C10H16N2O2S. The van der Waals surface area contributed by atoms with Crippen molar-refractivity contribution in [3.63, 3.8) is 0 Å². The zero-order chi connectivity index (χ0) is 11.3. The van der Waals surface area contributed by atoms with Crippen molar-refractivity contribution < 1.29 is 9.53 Å². The number of amides is 1. The van der Waals surface area contributed by atoms with E-state index in [9.17, 15) is 4.79 Å². The molecule has 0 spiro atoms. The van der Waals surface area contributed by atoms with Gasteiger partial charge in [-0.2, -0.15) is 0 Å². The molecule has 0 bridgehead atoms. The number of hydrogen-bond acceptors (Lipinski definition) is 4. The van der Waals surface area contributed by atoms with E-state index in [2.05, 4.69) is 11.4 Å². The molecule has 1 aromatic heterocycles. The first-order valence-corrected chi connectivity index (χ1v) is 5.57. The van der Waals surface area contributed by atoms with Crippen LogP contribution in [0.15, 0.2) is 11.4 Å². The minimum Gasteiger partial charge on any atom is -0.383 e. The lowest BCUT2D eigenvalue weighted by molar-refractivity contribution is -0.121. The summed E-state index contributed by atoms with van der Waals surface area (Å²) >= 11 is 1.67. The smallest absolute Gasteiger partial charge is 0.236 e. The summed E-state index contributed by atoms with van der Waals surface area (Å²) < 4.78 is 4.91. The van der Waals surface area contributed by atoms with Crippen molar-refractivity contribution in [2.24, 2.45) is 5.73 Å². The molecule has 0 aromatic carbocycles. The molecule has 0 aliphatic heterocycles. The van der Waals surface area contributed by atoms with Gasteiger partial charge in [0.25, 0.3) is 0 Å². The number of carbonyl (C=O) groups excluding carboxylic acids is 1. The summed E-state index contributed by atoms with van der Waals surface area (Å²) in [6.07, 6.45) is 0. The van der Waals surface area contributed by atoms with E-state index in [4.69, 9.17) is 10.5 Å². The summed E-state index contributed by atoms with van der Waals surface area (Å²) in [5.41, 5.74) is 6.45. The summed E-state index contributed by atoms with van der Waals surface area (Å²) in [4.78, 5) is 12.2. The highest BCUT2D eigenvalue weighted by Gasteiger charge is 2.14. The number of carbonyl (C=O) groups is 1. The van der Waals surface area contributed by atoms with E-state index in [1.165, 1.54) is 10.4 Å². The van der Waals surface area contributed by atoms with E-state index < -0.39 is 6.04 Å². The van der Waals surface area contributed by atoms with Crippen LogP contribution in [0.2, 0.25) is 0 Å². The Bertz CT molecular complexity index is 325. The third kappa shape index (κ3) is 3.62. The maximum absolute atomic E-state index is 11.0. The molecule has 0 radical (unpaired) electrons. The van der Waals surface area contributed by atoms with Crippen LogP contribution in [0.25, 0.3) is 0 Å². The number of rotatable bonds is 6. The monoisotopic (exact) mass is 228 g/mol. The average molecular weight is 228 g/mol. The maximum atomic E-state index is 11.0. The number of nitrogens with one attached hydrogen (secondary N) is 1. The van der Waals surface area contributed by atoms with E-state index in [1.807, 2.05) is 12.3 Å². The maximum Gasteiger partial charge on any atom is 0.236 e. The quantitative estimate of drug-likeness (QED) is 0.751. The van der Waals surface area contributed by atoms with Crippen LogP contribution in [-0.4, -0.2) is 25.7 Å². The number of hydrogen-bond donors (Lipinski definition) is 2. The van der Waals surface area contributed by atoms with Gasteiger partial charge in [0.2, 0.25) is 5.91 Å². The highest BCUT2D eigenvalue weighted by atomic mass is 32.1. The van der Waals surface area contributed by atoms with Gasteiger partial charge in [0.05, 0.1) is 6.61 Å². The minimum atomic E-state index is -0.420. The van der Waals surface area contributed by atoms with Gasteiger partial charge in [-0.15, -0.1) is 11.3 Å². The molecule has 0 saturated heterocycles. The molecule has 84 valence electrons. The molecule has 0 aliphatic rings. The second-order valence-electron chi connectivity index (χ2n) is 3.32. The van der Waals surface area contributed by atoms with Crippen molar-refractivity contribution in [1.29, 1.82) is 0 Å². The van der Waals surface area contributed by atoms with E-state index in [-0.39, 0.29) is 5.91 Å². The highest BCUT2D eigenvalue weighted by Crippen LogP contribution is 2.14. The number of primary amides is 1. The first-order chi connectivity index (χ1) is 7.15. The third-order valence-electron chi connectivity index (χ3n) is 2.15. The van der Waals surface area contributed by atoms with Gasteiger partial charge in [-0.25, -0.2) is 0 Å². The molecule has 1 aromatic rings. The van der Waals surface area contributed by atoms with Gasteiger partial charge >= 0.3 is 0 Å². The van der Waals surface area contributed by atoms with E-state index in [1.54, 1.807) is 18.4 Å². The lowest BCUT2D eigenvalue weighted by Gasteiger charge is -2.13. The van der Waals surface area contributed by atoms with Gasteiger partial charge in [-0.3, -0.25) is 10.1 Å². The molecule has 4 nitrogen and oxygen atoms in total. The Morgan fingerprint density at radius 2 is 2.47 bits per heavy atom. The zero-order valence-electron chi connectivity index (χ0n) is 8.95. The molecular weight excluding hydrogens is 212 g/mol. The van der Waals surface area contributed by atoms with Crippen LogP contribution in [-0.2, 0) is 16.1 Å². The Morgan fingerprint density at radius 3 is 2.93 bits per heavy atom. The summed E-state index contributed by atoms with van der Waals surface area (Å²) in [6, 6.07) is 1.63. The van der Waals surface area contributed by atoms with Crippen molar-refractivity contribution in [2.75, 3.05) is 13.7 Å². The van der Waals surface area contributed by atoms with Crippen LogP contribution in [0.3, 0.4) is 0 Å². The molecule has 0 aliphatic carbocycles. The minimum absolute atomic E-state index is 0.305. The Kier molecular flexibility index (Phi) is 4.74. The van der Waals surface area contributed by atoms with Crippen LogP contribution in [0, 0.1) is 6.92 Å². The summed E-state index contributed by atoms with van der Waals surface area (Å²) in [6.45, 7) is 3.00. The van der Waals surface area contributed by atoms with Crippen LogP contribution >= 0.6 is 11.3 Å². The average Bonchev–Trinajstić information content (AvgIpc) is 2.58. The van der Waals surface area contributed by atoms with Crippen LogP contribution in [0.5, 0.6) is 0 Å². The molecule has 0 fully saturated rings. The molecule has 1 atom stereocenters. The summed E-state index contributed by atoms with van der Waals surface area (Å²) in [7, 11) is 1.55. The first kappa shape index (κ1) is 12.2. The van der Waals surface area contributed by atoms with Gasteiger partial charge in [-0.05, 0) is 23.9 Å². The van der Waals surface area contributed by atoms with Crippen molar-refractivity contribution in [2.45, 2.75) is 19.5 Å². The van der Waals surface area contributed by atoms with Crippen molar-refractivity contribution in [1.82, 2.24) is 5.32 Å². The topological polar surface area (TPSA) is 64.3 Å². The molecule has 1 amide bonds. The summed E-state index contributed by atoms with van der Waals surface area (Å²) in [5, 5.41) is 5.10. The first-order valence-electron chi connectivity index (χ1n) is 4.69. The summed E-state index contributed by atoms with van der Waals surface area (Å²) in [5.74, 6) is -0.383. The highest BCUT2D eigenvalue weighted by molar-refractivity contribution is 7.10. The van der Waals surface area contributed by atoms with Gasteiger partial charge in [-0.1, -0.05) is 0 Å². The van der Waals surface area contributed by atoms with Crippen LogP contribution in [0.4, 0.5) is 0 Å². The van der Waals surface area contributed by atoms with E-state index in [0.29, 0.717) is 13.2 Å². The Morgan fingerprint density at radius 1 is 1.73 bits per heavy atom. The van der Waals surface area contributed by atoms with Crippen LogP contribution in [0.1, 0.15) is 10.4 Å². The second-order valence-corrected chi connectivity index (χ2v) is 4.32. The van der Waals surface area contributed by atoms with Crippen molar-refractivity contribution >= 4 is 17.2 Å². The molecule has 15 heavy (non-hydrogen) atoms. The third-order valence-corrected chi connectivity index (χ3v) is 3.18. The molecule has 1 unspecified atom stereocenters. The number of methoxy groups -OCH3 is 1. The largest absolute Gasteiger partial charge is 0.383 e. The SMILES string of the molecule is COCC(NCc1sccc1C)C(N)=O. The fourth-order valence-corrected chi connectivity index (χ4v) is 2.07. The molecule has 1 rings (SSSR count). The second kappa shape index (κ2) is 5.85. The van der Waals surface area contributed by atoms with Gasteiger partial charge in [0.15, 0.2) is 0 Å². The van der Waals surface area contributed by atoms with E-state index in [0.717, 1.165) is 0 Å². The van der Waals surface area contributed by atoms with Crippen LogP contribution < -0.4 is 11.1 Å². The molecule has 3 N–H and O–H groups in total. The zero-order valence-corrected chi connectivity index (χ0v) is 9.76. The van der Waals surface area contributed by atoms with Crippen molar-refractivity contribution in [3.8, 4) is 0 Å². The van der Waals surface area contributed by atoms with Gasteiger partial charge in [0.1, 0.15) is 6.04 Å². The molecule has 1 heterocycles. The molecule has 5 heteroatoms. The van der Waals surface area contributed by atoms with Gasteiger partial charge in [0, 0.05) is 18.5 Å². The standard InChI is InChI=1S/C10H16N2O2S/c1-7-3-4-15-9(7)5-12-8(6-14-2)10(11)13/h3-4,8,12H,5-6H2,1-2H3,(H2,11,13). The predicted molar refractivity (Wildman–Crippen MR) is 60.8 cm³/mol.